The third kappa shape index (κ3) is 8.63. The minimum absolute atomic E-state index is 0.0414. The van der Waals surface area contributed by atoms with Gasteiger partial charge in [0, 0.05) is 57.3 Å². The van der Waals surface area contributed by atoms with Crippen molar-refractivity contribution in [1.29, 1.82) is 0 Å². The molecule has 0 saturated carbocycles. The van der Waals surface area contributed by atoms with E-state index in [0.29, 0.717) is 76.5 Å². The number of aldehydes is 1. The number of fused-ring (bicyclic) bond motifs is 2. The third-order valence-electron chi connectivity index (χ3n) is 8.28. The van der Waals surface area contributed by atoms with Crippen LogP contribution in [0.15, 0.2) is 45.4 Å². The van der Waals surface area contributed by atoms with Crippen molar-refractivity contribution in [3.8, 4) is 5.75 Å². The van der Waals surface area contributed by atoms with E-state index in [0.717, 1.165) is 0 Å². The summed E-state index contributed by atoms with van der Waals surface area (Å²) in [5.41, 5.74) is 13.1. The number of anilines is 2. The molecule has 0 unspecified atom stereocenters. The smallest absolute Gasteiger partial charge is 0.295 e. The zero-order valence-electron chi connectivity index (χ0n) is 31.6. The lowest BCUT2D eigenvalue weighted by Crippen LogP contribution is -2.17. The molecular formula is C37H43N11O8. The van der Waals surface area contributed by atoms with Crippen LogP contribution in [0.4, 0.5) is 11.9 Å². The highest BCUT2D eigenvalue weighted by atomic mass is 16.5. The zero-order valence-corrected chi connectivity index (χ0v) is 31.6. The second-order valence-corrected chi connectivity index (χ2v) is 12.1. The first-order valence-electron chi connectivity index (χ1n) is 17.7. The lowest BCUT2D eigenvalue weighted by Gasteiger charge is -2.12. The summed E-state index contributed by atoms with van der Waals surface area (Å²) in [5.74, 6) is -0.518. The van der Waals surface area contributed by atoms with Gasteiger partial charge in [0.25, 0.3) is 11.8 Å². The molecular weight excluding hydrogens is 726 g/mol. The number of allylic oxidation sites excluding steroid dienone is 2. The number of aromatic nitrogens is 7. The first-order chi connectivity index (χ1) is 27.0. The first-order valence-corrected chi connectivity index (χ1v) is 17.7. The Labute approximate surface area is 320 Å². The summed E-state index contributed by atoms with van der Waals surface area (Å²) in [6.45, 7) is 7.30. The number of carbonyl (C=O) groups excluding carboxylic acids is 4. The Kier molecular flexibility index (Phi) is 13.0. The molecule has 3 amide bonds. The van der Waals surface area contributed by atoms with Gasteiger partial charge in [-0.05, 0) is 38.1 Å². The lowest BCUT2D eigenvalue weighted by molar-refractivity contribution is 0.0985. The van der Waals surface area contributed by atoms with Crippen LogP contribution in [-0.4, -0.2) is 83.4 Å². The number of benzene rings is 1. The Morgan fingerprint density at radius 2 is 1.43 bits per heavy atom. The molecule has 0 spiro atoms. The van der Waals surface area contributed by atoms with Crippen LogP contribution in [0, 0.1) is 13.8 Å². The van der Waals surface area contributed by atoms with Gasteiger partial charge in [-0.2, -0.15) is 0 Å². The Morgan fingerprint density at radius 1 is 0.857 bits per heavy atom. The Morgan fingerprint density at radius 3 is 1.98 bits per heavy atom. The van der Waals surface area contributed by atoms with Crippen LogP contribution < -0.4 is 26.8 Å². The van der Waals surface area contributed by atoms with Crippen LogP contribution in [-0.2, 0) is 25.9 Å². The van der Waals surface area contributed by atoms with Crippen molar-refractivity contribution in [2.24, 2.45) is 11.5 Å². The van der Waals surface area contributed by atoms with Gasteiger partial charge in [0.15, 0.2) is 23.7 Å². The molecule has 0 aliphatic rings. The molecule has 5 heterocycles. The number of aryl methyl sites for hydroxylation is 4. The van der Waals surface area contributed by atoms with E-state index >= 15 is 0 Å². The average Bonchev–Trinajstić information content (AvgIpc) is 3.96. The van der Waals surface area contributed by atoms with Crippen molar-refractivity contribution >= 4 is 58.1 Å². The number of aliphatic hydroxyl groups is 1. The number of imidazole rings is 2. The molecule has 6 aromatic rings. The number of nitrogens with zero attached hydrogens (tertiary/aromatic N) is 7. The monoisotopic (exact) mass is 769 g/mol. The number of primary amides is 1. The van der Waals surface area contributed by atoms with Crippen molar-refractivity contribution < 1.29 is 37.9 Å². The minimum atomic E-state index is -0.706. The average molecular weight is 770 g/mol. The minimum Gasteiger partial charge on any atom is -0.491 e. The quantitative estimate of drug-likeness (QED) is 0.0536. The Bertz CT molecular complexity index is 2420. The van der Waals surface area contributed by atoms with E-state index in [1.54, 1.807) is 41.2 Å². The molecule has 0 saturated heterocycles. The number of amides is 3. The molecule has 6 rings (SSSR count). The van der Waals surface area contributed by atoms with E-state index in [1.807, 2.05) is 13.8 Å². The van der Waals surface area contributed by atoms with E-state index in [1.165, 1.54) is 25.4 Å². The zero-order chi connectivity index (χ0) is 40.5. The molecule has 7 N–H and O–H groups in total. The number of nitrogens with two attached hydrogens (primary N) is 2. The fourth-order valence-electron chi connectivity index (χ4n) is 5.81. The fourth-order valence-corrected chi connectivity index (χ4v) is 5.81. The summed E-state index contributed by atoms with van der Waals surface area (Å²) >= 11 is 0. The number of nitrogens with one attached hydrogen (secondary N) is 2. The molecule has 1 aromatic carbocycles. The van der Waals surface area contributed by atoms with Crippen LogP contribution in [0.5, 0.6) is 5.75 Å². The molecule has 0 fully saturated rings. The summed E-state index contributed by atoms with van der Waals surface area (Å²) in [4.78, 5) is 72.7. The van der Waals surface area contributed by atoms with E-state index < -0.39 is 17.7 Å². The van der Waals surface area contributed by atoms with Crippen molar-refractivity contribution in [2.45, 2.75) is 60.0 Å². The van der Waals surface area contributed by atoms with Gasteiger partial charge < -0.3 is 34.7 Å². The standard InChI is InChI=1S/C36H38N10O8.CH5N/c1-5-23-29(53-19(3)39-23)33(50)43-35-41-25-15-22(31(37)49)16-27(52-13-9-12-47)28(25)45(35)10-7-8-11-46-32-26(14-21(18-48)17-38-32)42-36(46)44-34(51)30-24(6-2)40-20(4)54-30;1-2/h7-8,14-18,47H,5-6,9-13H2,1-4H3,(H2,37,49)(H,41,43,50)(H,42,44,51);2H2,1H3/b8-7+;. The highest BCUT2D eigenvalue weighted by Gasteiger charge is 2.24. The van der Waals surface area contributed by atoms with Crippen LogP contribution in [0.1, 0.15) is 85.3 Å². The number of carbonyl (C=O) groups is 4. The molecule has 19 nitrogen and oxygen atoms in total. The normalized spacial score (nSPS) is 11.2. The van der Waals surface area contributed by atoms with E-state index in [-0.39, 0.29) is 61.0 Å². The fraction of sp³-hybridized carbons (Fsp3) is 0.324. The highest BCUT2D eigenvalue weighted by Crippen LogP contribution is 2.32. The molecule has 294 valence electrons. The number of aliphatic hydroxyl groups excluding tert-OH is 1. The van der Waals surface area contributed by atoms with Gasteiger partial charge in [0.2, 0.25) is 29.3 Å². The van der Waals surface area contributed by atoms with E-state index in [2.05, 4.69) is 41.3 Å². The van der Waals surface area contributed by atoms with E-state index in [4.69, 9.17) is 19.3 Å². The van der Waals surface area contributed by atoms with Crippen LogP contribution in [0.25, 0.3) is 22.2 Å². The van der Waals surface area contributed by atoms with Crippen molar-refractivity contribution in [3.05, 3.63) is 82.4 Å². The molecule has 0 aliphatic carbocycles. The second kappa shape index (κ2) is 18.1. The largest absolute Gasteiger partial charge is 0.491 e. The number of ether oxygens (including phenoxy) is 1. The number of rotatable bonds is 16. The van der Waals surface area contributed by atoms with Gasteiger partial charge in [0.05, 0.1) is 23.5 Å². The first kappa shape index (κ1) is 40.5. The second-order valence-electron chi connectivity index (χ2n) is 12.1. The van der Waals surface area contributed by atoms with E-state index in [9.17, 15) is 24.3 Å². The summed E-state index contributed by atoms with van der Waals surface area (Å²) < 4.78 is 20.5. The summed E-state index contributed by atoms with van der Waals surface area (Å²) in [7, 11) is 1.50. The van der Waals surface area contributed by atoms with Crippen molar-refractivity contribution in [2.75, 3.05) is 30.9 Å². The molecule has 0 aliphatic heterocycles. The summed E-state index contributed by atoms with van der Waals surface area (Å²) in [5, 5.41) is 15.0. The van der Waals surface area contributed by atoms with Crippen molar-refractivity contribution in [3.63, 3.8) is 0 Å². The molecule has 19 heteroatoms. The van der Waals surface area contributed by atoms with Gasteiger partial charge in [-0.1, -0.05) is 26.0 Å². The lowest BCUT2D eigenvalue weighted by atomic mass is 10.1. The Hall–Kier alpha value is -6.73. The topological polar surface area (TPSA) is 274 Å². The molecule has 0 atom stereocenters. The van der Waals surface area contributed by atoms with Crippen LogP contribution >= 0.6 is 0 Å². The maximum absolute atomic E-state index is 13.5. The molecule has 56 heavy (non-hydrogen) atoms. The van der Waals surface area contributed by atoms with Crippen LogP contribution in [0.3, 0.4) is 0 Å². The summed E-state index contributed by atoms with van der Waals surface area (Å²) in [6.07, 6.45) is 6.89. The molecule has 5 aromatic heterocycles. The van der Waals surface area contributed by atoms with Crippen LogP contribution in [0.2, 0.25) is 0 Å². The predicted octanol–water partition coefficient (Wildman–Crippen LogP) is 3.51. The highest BCUT2D eigenvalue weighted by molar-refractivity contribution is 6.04. The summed E-state index contributed by atoms with van der Waals surface area (Å²) in [6, 6.07) is 4.54. The van der Waals surface area contributed by atoms with Gasteiger partial charge in [-0.15, -0.1) is 0 Å². The Balaban J connectivity index is 0.00000295. The maximum atomic E-state index is 13.5. The van der Waals surface area contributed by atoms with Gasteiger partial charge >= 0.3 is 0 Å². The number of hydrogen-bond acceptors (Lipinski definition) is 14. The SMILES string of the molecule is CCc1nc(C)oc1C(=O)Nc1nc2cc(C=O)cnc2n1C/C=C/Cn1c(NC(=O)c2oc(C)nc2CC)nc2cc(C(N)=O)cc(OCCCO)c21.CN. The van der Waals surface area contributed by atoms with Gasteiger partial charge in [0.1, 0.15) is 16.8 Å². The van der Waals surface area contributed by atoms with Crippen molar-refractivity contribution in [1.82, 2.24) is 34.1 Å². The third-order valence-corrected chi connectivity index (χ3v) is 8.28. The molecule has 0 radical (unpaired) electrons. The maximum Gasteiger partial charge on any atom is 0.295 e. The van der Waals surface area contributed by atoms with Gasteiger partial charge in [-0.25, -0.2) is 24.9 Å². The number of oxazole rings is 2. The number of hydrogen-bond donors (Lipinski definition) is 5. The van der Waals surface area contributed by atoms with Gasteiger partial charge in [-0.3, -0.25) is 34.4 Å². The number of pyridine rings is 1. The molecule has 0 bridgehead atoms. The predicted molar refractivity (Wildman–Crippen MR) is 205 cm³/mol.